The lowest BCUT2D eigenvalue weighted by atomic mass is 10.2. The molecule has 0 aliphatic carbocycles. The van der Waals surface area contributed by atoms with E-state index in [2.05, 4.69) is 10.5 Å². The number of unbranched alkanes of at least 4 members (excludes halogenated alkanes) is 1. The summed E-state index contributed by atoms with van der Waals surface area (Å²) >= 11 is 0. The van der Waals surface area contributed by atoms with Crippen LogP contribution in [-0.4, -0.2) is 29.3 Å². The molecule has 9 heteroatoms. The smallest absolute Gasteiger partial charge is 0.301 e. The number of hydrogen-bond acceptors (Lipinski definition) is 7. The Bertz CT molecular complexity index is 532. The summed E-state index contributed by atoms with van der Waals surface area (Å²) in [5.41, 5.74) is 1.80. The first-order valence-electron chi connectivity index (χ1n) is 6.34. The van der Waals surface area contributed by atoms with Crippen molar-refractivity contribution in [2.24, 2.45) is 5.10 Å². The molecule has 9 nitrogen and oxygen atoms in total. The molecule has 0 heterocycles. The van der Waals surface area contributed by atoms with Crippen LogP contribution >= 0.6 is 0 Å². The van der Waals surface area contributed by atoms with Crippen molar-refractivity contribution in [3.8, 4) is 0 Å². The largest absolute Gasteiger partial charge is 0.376 e. The highest BCUT2D eigenvalue weighted by molar-refractivity contribution is 5.67. The zero-order valence-corrected chi connectivity index (χ0v) is 11.5. The average molecular weight is 296 g/mol. The number of rotatable bonds is 9. The van der Waals surface area contributed by atoms with Gasteiger partial charge in [0.1, 0.15) is 5.69 Å². The molecule has 1 N–H and O–H groups in total. The third-order valence-electron chi connectivity index (χ3n) is 2.50. The lowest BCUT2D eigenvalue weighted by molar-refractivity contribution is -0.393. The average Bonchev–Trinajstić information content (AvgIpc) is 2.46. The molecule has 0 fully saturated rings. The van der Waals surface area contributed by atoms with Gasteiger partial charge in [-0.15, -0.1) is 0 Å². The number of nitrogens with one attached hydrogen (secondary N) is 1. The lowest BCUT2D eigenvalue weighted by Crippen LogP contribution is -2.01. The molecule has 0 aromatic heterocycles. The van der Waals surface area contributed by atoms with E-state index >= 15 is 0 Å². The molecule has 0 saturated carbocycles. The summed E-state index contributed by atoms with van der Waals surface area (Å²) in [6.45, 7) is 2.96. The number of nitro groups is 2. The predicted octanol–water partition coefficient (Wildman–Crippen LogP) is 2.72. The van der Waals surface area contributed by atoms with Crippen LogP contribution in [0.25, 0.3) is 0 Å². The summed E-state index contributed by atoms with van der Waals surface area (Å²) in [7, 11) is 0. The van der Waals surface area contributed by atoms with Crippen molar-refractivity contribution < 1.29 is 14.6 Å². The van der Waals surface area contributed by atoms with Gasteiger partial charge in [0.2, 0.25) is 0 Å². The van der Waals surface area contributed by atoms with E-state index < -0.39 is 15.5 Å². The van der Waals surface area contributed by atoms with Crippen LogP contribution in [0.3, 0.4) is 0 Å². The van der Waals surface area contributed by atoms with Crippen LogP contribution in [-0.2, 0) is 4.74 Å². The Morgan fingerprint density at radius 3 is 2.71 bits per heavy atom. The molecule has 0 unspecified atom stereocenters. The van der Waals surface area contributed by atoms with Crippen molar-refractivity contribution in [3.05, 3.63) is 38.4 Å². The van der Waals surface area contributed by atoms with Crippen LogP contribution in [0.4, 0.5) is 17.1 Å². The first kappa shape index (κ1) is 16.5. The zero-order valence-electron chi connectivity index (χ0n) is 11.5. The molecule has 1 aromatic carbocycles. The molecular formula is C12H16N4O5. The molecule has 0 saturated heterocycles. The van der Waals surface area contributed by atoms with Crippen LogP contribution in [0.1, 0.15) is 19.8 Å². The van der Waals surface area contributed by atoms with E-state index in [9.17, 15) is 20.2 Å². The quantitative estimate of drug-likeness (QED) is 0.324. The molecule has 0 aliphatic heterocycles. The van der Waals surface area contributed by atoms with Gasteiger partial charge < -0.3 is 4.74 Å². The summed E-state index contributed by atoms with van der Waals surface area (Å²) in [4.78, 5) is 20.1. The predicted molar refractivity (Wildman–Crippen MR) is 77.6 cm³/mol. The van der Waals surface area contributed by atoms with Crippen LogP contribution in [0.2, 0.25) is 0 Å². The van der Waals surface area contributed by atoms with E-state index in [1.165, 1.54) is 18.3 Å². The van der Waals surface area contributed by atoms with Gasteiger partial charge in [0.25, 0.3) is 5.69 Å². The molecule has 21 heavy (non-hydrogen) atoms. The van der Waals surface area contributed by atoms with E-state index in [4.69, 9.17) is 4.74 Å². The number of anilines is 1. The zero-order chi connectivity index (χ0) is 15.7. The fourth-order valence-corrected chi connectivity index (χ4v) is 1.41. The molecule has 0 amide bonds. The number of nitrogens with zero attached hydrogens (tertiary/aromatic N) is 3. The number of ether oxygens (including phenoxy) is 1. The first-order chi connectivity index (χ1) is 10.1. The number of benzene rings is 1. The highest BCUT2D eigenvalue weighted by atomic mass is 16.6. The summed E-state index contributed by atoms with van der Waals surface area (Å²) in [6.07, 6.45) is 3.42. The monoisotopic (exact) mass is 296 g/mol. The van der Waals surface area contributed by atoms with E-state index in [1.807, 2.05) is 6.92 Å². The van der Waals surface area contributed by atoms with E-state index in [-0.39, 0.29) is 18.0 Å². The highest BCUT2D eigenvalue weighted by Crippen LogP contribution is 2.28. The van der Waals surface area contributed by atoms with Crippen molar-refractivity contribution in [3.63, 3.8) is 0 Å². The minimum absolute atomic E-state index is 0.0791. The molecular weight excluding hydrogens is 280 g/mol. The standard InChI is InChI=1S/C12H16N4O5/c1-2-3-7-21-8-6-13-14-11-5-4-10(15(17)18)9-12(11)16(19)20/h4-6,9,14H,2-3,7-8H2,1H3/b13-6+. The summed E-state index contributed by atoms with van der Waals surface area (Å²) in [6, 6.07) is 3.30. The van der Waals surface area contributed by atoms with Crippen LogP contribution in [0.15, 0.2) is 23.3 Å². The number of nitro benzene ring substituents is 2. The topological polar surface area (TPSA) is 120 Å². The van der Waals surface area contributed by atoms with Crippen molar-refractivity contribution in [1.82, 2.24) is 0 Å². The van der Waals surface area contributed by atoms with E-state index in [0.717, 1.165) is 18.9 Å². The Morgan fingerprint density at radius 1 is 1.33 bits per heavy atom. The molecule has 0 bridgehead atoms. The van der Waals surface area contributed by atoms with Gasteiger partial charge in [-0.1, -0.05) is 13.3 Å². The van der Waals surface area contributed by atoms with Crippen molar-refractivity contribution >= 4 is 23.3 Å². The van der Waals surface area contributed by atoms with Gasteiger partial charge in [-0.2, -0.15) is 5.10 Å². The Labute approximate surface area is 120 Å². The Kier molecular flexibility index (Phi) is 6.75. The van der Waals surface area contributed by atoms with Gasteiger partial charge >= 0.3 is 5.69 Å². The van der Waals surface area contributed by atoms with Gasteiger partial charge in [0.05, 0.1) is 28.7 Å². The second-order valence-corrected chi connectivity index (χ2v) is 4.07. The molecule has 0 atom stereocenters. The minimum Gasteiger partial charge on any atom is -0.376 e. The maximum Gasteiger partial charge on any atom is 0.301 e. The number of non-ortho nitro benzene ring substituents is 1. The normalized spacial score (nSPS) is 10.7. The summed E-state index contributed by atoms with van der Waals surface area (Å²) in [5, 5.41) is 25.2. The number of hydrazone groups is 1. The Hall–Kier alpha value is -2.55. The van der Waals surface area contributed by atoms with Gasteiger partial charge in [0.15, 0.2) is 0 Å². The lowest BCUT2D eigenvalue weighted by Gasteiger charge is -2.02. The third-order valence-corrected chi connectivity index (χ3v) is 2.50. The SMILES string of the molecule is CCCCOC/C=N/Nc1ccc([N+](=O)[O-])cc1[N+](=O)[O-]. The van der Waals surface area contributed by atoms with Crippen LogP contribution in [0, 0.1) is 20.2 Å². The third kappa shape index (κ3) is 5.53. The van der Waals surface area contributed by atoms with Crippen molar-refractivity contribution in [2.45, 2.75) is 19.8 Å². The van der Waals surface area contributed by atoms with Gasteiger partial charge in [-0.05, 0) is 12.5 Å². The summed E-state index contributed by atoms with van der Waals surface area (Å²) in [5.74, 6) is 0. The van der Waals surface area contributed by atoms with E-state index in [0.29, 0.717) is 6.61 Å². The van der Waals surface area contributed by atoms with Crippen LogP contribution in [0.5, 0.6) is 0 Å². The van der Waals surface area contributed by atoms with Crippen molar-refractivity contribution in [2.75, 3.05) is 18.6 Å². The van der Waals surface area contributed by atoms with Gasteiger partial charge in [0, 0.05) is 12.7 Å². The highest BCUT2D eigenvalue weighted by Gasteiger charge is 2.18. The fraction of sp³-hybridized carbons (Fsp3) is 0.417. The van der Waals surface area contributed by atoms with Crippen LogP contribution < -0.4 is 5.43 Å². The fourth-order valence-electron chi connectivity index (χ4n) is 1.41. The Balaban J connectivity index is 2.64. The Morgan fingerprint density at radius 2 is 2.10 bits per heavy atom. The minimum atomic E-state index is -0.706. The second kappa shape index (κ2) is 8.59. The summed E-state index contributed by atoms with van der Waals surface area (Å²) < 4.78 is 5.23. The molecule has 0 spiro atoms. The molecule has 0 radical (unpaired) electrons. The van der Waals surface area contributed by atoms with Gasteiger partial charge in [-0.3, -0.25) is 25.7 Å². The number of hydrogen-bond donors (Lipinski definition) is 1. The van der Waals surface area contributed by atoms with Crippen molar-refractivity contribution in [1.29, 1.82) is 0 Å². The molecule has 1 aromatic rings. The van der Waals surface area contributed by atoms with Gasteiger partial charge in [-0.25, -0.2) is 0 Å². The molecule has 0 aliphatic rings. The maximum atomic E-state index is 10.9. The van der Waals surface area contributed by atoms with E-state index in [1.54, 1.807) is 0 Å². The first-order valence-corrected chi connectivity index (χ1v) is 6.34. The molecule has 1 rings (SSSR count). The maximum absolute atomic E-state index is 10.9. The molecule has 114 valence electrons. The second-order valence-electron chi connectivity index (χ2n) is 4.07.